The van der Waals surface area contributed by atoms with Gasteiger partial charge in [-0.25, -0.2) is 4.39 Å². The number of nitrogens with zero attached hydrogens (tertiary/aromatic N) is 1. The molecule has 0 radical (unpaired) electrons. The van der Waals surface area contributed by atoms with E-state index in [1.807, 2.05) is 26.8 Å². The average Bonchev–Trinajstić information content (AvgIpc) is 2.16. The van der Waals surface area contributed by atoms with Crippen LogP contribution in [-0.4, -0.2) is 0 Å². The van der Waals surface area contributed by atoms with Gasteiger partial charge in [-0.05, 0) is 41.5 Å². The molecule has 1 aromatic carbocycles. The summed E-state index contributed by atoms with van der Waals surface area (Å²) >= 11 is 0. The topological polar surface area (TPSA) is 23.8 Å². The maximum absolute atomic E-state index is 14.0. The lowest BCUT2D eigenvalue weighted by Gasteiger charge is -2.18. The van der Waals surface area contributed by atoms with Gasteiger partial charge < -0.3 is 0 Å². The normalized spacial score (nSPS) is 10.9. The first-order valence-corrected chi connectivity index (χ1v) is 5.63. The van der Waals surface area contributed by atoms with Gasteiger partial charge in [0.05, 0.1) is 5.56 Å². The smallest absolute Gasteiger partial charge is 0.144 e. The van der Waals surface area contributed by atoms with E-state index in [1.54, 1.807) is 6.07 Å². The van der Waals surface area contributed by atoms with Crippen LogP contribution in [0.2, 0.25) is 0 Å². The van der Waals surface area contributed by atoms with Gasteiger partial charge >= 0.3 is 0 Å². The quantitative estimate of drug-likeness (QED) is 0.729. The Morgan fingerprint density at radius 2 is 1.75 bits per heavy atom. The molecule has 86 valence electrons. The summed E-state index contributed by atoms with van der Waals surface area (Å²) in [5.74, 6) is 0.0652. The highest BCUT2D eigenvalue weighted by Gasteiger charge is 2.18. The van der Waals surface area contributed by atoms with Crippen molar-refractivity contribution in [2.75, 3.05) is 0 Å². The Balaban J connectivity index is 3.60. The molecule has 0 amide bonds. The van der Waals surface area contributed by atoms with Crippen LogP contribution in [-0.2, 0) is 0 Å². The molecule has 0 aromatic heterocycles. The van der Waals surface area contributed by atoms with E-state index in [0.29, 0.717) is 11.5 Å². The fourth-order valence-corrected chi connectivity index (χ4v) is 2.16. The summed E-state index contributed by atoms with van der Waals surface area (Å²) in [6.07, 6.45) is 0. The molecule has 16 heavy (non-hydrogen) atoms. The van der Waals surface area contributed by atoms with Crippen LogP contribution in [0.1, 0.15) is 61.8 Å². The van der Waals surface area contributed by atoms with Crippen LogP contribution in [0, 0.1) is 24.1 Å². The molecule has 0 unspecified atom stereocenters. The highest BCUT2D eigenvalue weighted by molar-refractivity contribution is 5.47. The minimum Gasteiger partial charge on any atom is -0.205 e. The number of hydrogen-bond donors (Lipinski definition) is 0. The first-order valence-electron chi connectivity index (χ1n) is 5.63. The Labute approximate surface area is 96.9 Å². The molecule has 0 saturated heterocycles. The van der Waals surface area contributed by atoms with Crippen molar-refractivity contribution >= 4 is 0 Å². The molecule has 0 atom stereocenters. The molecule has 0 aliphatic heterocycles. The first kappa shape index (κ1) is 12.7. The number of halogens is 1. The van der Waals surface area contributed by atoms with E-state index in [0.717, 1.165) is 11.1 Å². The van der Waals surface area contributed by atoms with Gasteiger partial charge in [-0.2, -0.15) is 5.26 Å². The largest absolute Gasteiger partial charge is 0.205 e. The molecule has 0 aliphatic rings. The van der Waals surface area contributed by atoms with E-state index in [4.69, 9.17) is 5.26 Å². The molecule has 0 N–H and O–H groups in total. The van der Waals surface area contributed by atoms with Gasteiger partial charge in [-0.1, -0.05) is 27.7 Å². The first-order chi connectivity index (χ1) is 7.40. The van der Waals surface area contributed by atoms with Crippen LogP contribution in [0.3, 0.4) is 0 Å². The van der Waals surface area contributed by atoms with Crippen LogP contribution in [0.15, 0.2) is 6.07 Å². The predicted octanol–water partition coefficient (Wildman–Crippen LogP) is 4.25. The van der Waals surface area contributed by atoms with Crippen molar-refractivity contribution in [3.8, 4) is 6.07 Å². The van der Waals surface area contributed by atoms with Gasteiger partial charge in [0.15, 0.2) is 0 Å². The van der Waals surface area contributed by atoms with Crippen LogP contribution >= 0.6 is 0 Å². The minimum atomic E-state index is -0.348. The van der Waals surface area contributed by atoms with Crippen LogP contribution in [0.25, 0.3) is 0 Å². The Morgan fingerprint density at radius 3 is 2.12 bits per heavy atom. The van der Waals surface area contributed by atoms with E-state index >= 15 is 0 Å². The van der Waals surface area contributed by atoms with Crippen molar-refractivity contribution in [3.63, 3.8) is 0 Å². The van der Waals surface area contributed by atoms with E-state index < -0.39 is 0 Å². The molecule has 0 bridgehead atoms. The van der Waals surface area contributed by atoms with Crippen LogP contribution in [0.5, 0.6) is 0 Å². The van der Waals surface area contributed by atoms with Crippen molar-refractivity contribution in [2.45, 2.75) is 46.5 Å². The molecule has 0 fully saturated rings. The van der Waals surface area contributed by atoms with Crippen molar-refractivity contribution in [2.24, 2.45) is 0 Å². The molecule has 0 heterocycles. The third-order valence-corrected chi connectivity index (χ3v) is 2.93. The van der Waals surface area contributed by atoms with E-state index in [2.05, 4.69) is 13.8 Å². The monoisotopic (exact) mass is 219 g/mol. The van der Waals surface area contributed by atoms with Gasteiger partial charge in [-0.3, -0.25) is 0 Å². The van der Waals surface area contributed by atoms with Crippen LogP contribution in [0.4, 0.5) is 4.39 Å². The summed E-state index contributed by atoms with van der Waals surface area (Å²) < 4.78 is 14.0. The number of benzene rings is 1. The summed E-state index contributed by atoms with van der Waals surface area (Å²) in [5.41, 5.74) is 2.91. The predicted molar refractivity (Wildman–Crippen MR) is 64.0 cm³/mol. The fraction of sp³-hybridized carbons (Fsp3) is 0.500. The molecule has 2 heteroatoms. The number of hydrogen-bond acceptors (Lipinski definition) is 1. The maximum atomic E-state index is 14.0. The summed E-state index contributed by atoms with van der Waals surface area (Å²) in [7, 11) is 0. The minimum absolute atomic E-state index is 0.103. The summed E-state index contributed by atoms with van der Waals surface area (Å²) in [4.78, 5) is 0. The second-order valence-corrected chi connectivity index (χ2v) is 4.79. The second kappa shape index (κ2) is 4.65. The molecule has 1 rings (SSSR count). The Morgan fingerprint density at radius 1 is 1.19 bits per heavy atom. The standard InChI is InChI=1S/C14H18FN/c1-8(2)12-6-11(7-16)14(15)13(9(3)4)10(12)5/h6,8-9H,1-5H3. The lowest BCUT2D eigenvalue weighted by Crippen LogP contribution is -2.05. The summed E-state index contributed by atoms with van der Waals surface area (Å²) in [6, 6.07) is 3.62. The Hall–Kier alpha value is -1.36. The highest BCUT2D eigenvalue weighted by atomic mass is 19.1. The molecule has 0 saturated carbocycles. The molecular weight excluding hydrogens is 201 g/mol. The SMILES string of the molecule is Cc1c(C(C)C)cc(C#N)c(F)c1C(C)C. The zero-order valence-corrected chi connectivity index (χ0v) is 10.6. The van der Waals surface area contributed by atoms with Crippen molar-refractivity contribution < 1.29 is 4.39 Å². The van der Waals surface area contributed by atoms with E-state index in [1.165, 1.54) is 0 Å². The van der Waals surface area contributed by atoms with Gasteiger partial charge in [-0.15, -0.1) is 0 Å². The van der Waals surface area contributed by atoms with Crippen molar-refractivity contribution in [1.82, 2.24) is 0 Å². The maximum Gasteiger partial charge on any atom is 0.144 e. The van der Waals surface area contributed by atoms with Crippen molar-refractivity contribution in [1.29, 1.82) is 5.26 Å². The van der Waals surface area contributed by atoms with E-state index in [-0.39, 0.29) is 17.3 Å². The van der Waals surface area contributed by atoms with Gasteiger partial charge in [0.1, 0.15) is 11.9 Å². The zero-order chi connectivity index (χ0) is 12.5. The summed E-state index contributed by atoms with van der Waals surface area (Å²) in [5, 5.41) is 8.93. The second-order valence-electron chi connectivity index (χ2n) is 4.79. The molecule has 0 spiro atoms. The number of nitriles is 1. The van der Waals surface area contributed by atoms with Gasteiger partial charge in [0.2, 0.25) is 0 Å². The van der Waals surface area contributed by atoms with Crippen molar-refractivity contribution in [3.05, 3.63) is 34.1 Å². The average molecular weight is 219 g/mol. The Bertz CT molecular complexity index is 439. The van der Waals surface area contributed by atoms with Gasteiger partial charge in [0.25, 0.3) is 0 Å². The van der Waals surface area contributed by atoms with Gasteiger partial charge in [0, 0.05) is 0 Å². The zero-order valence-electron chi connectivity index (χ0n) is 10.6. The number of rotatable bonds is 2. The third kappa shape index (κ3) is 2.09. The highest BCUT2D eigenvalue weighted by Crippen LogP contribution is 2.31. The molecular formula is C14H18FN. The lowest BCUT2D eigenvalue weighted by molar-refractivity contribution is 0.589. The fourth-order valence-electron chi connectivity index (χ4n) is 2.16. The molecule has 1 aromatic rings. The lowest BCUT2D eigenvalue weighted by atomic mass is 9.87. The summed E-state index contributed by atoms with van der Waals surface area (Å²) in [6.45, 7) is 9.97. The van der Waals surface area contributed by atoms with E-state index in [9.17, 15) is 4.39 Å². The Kier molecular flexibility index (Phi) is 3.70. The van der Waals surface area contributed by atoms with Crippen LogP contribution < -0.4 is 0 Å². The third-order valence-electron chi connectivity index (χ3n) is 2.93. The molecule has 0 aliphatic carbocycles. The molecule has 1 nitrogen and oxygen atoms in total.